The first-order valence-corrected chi connectivity index (χ1v) is 6.03. The zero-order chi connectivity index (χ0) is 12.2. The van der Waals surface area contributed by atoms with Gasteiger partial charge < -0.3 is 4.74 Å². The van der Waals surface area contributed by atoms with Crippen LogP contribution in [0.1, 0.15) is 32.8 Å². The molecule has 0 unspecified atom stereocenters. The minimum absolute atomic E-state index is 0.294. The Morgan fingerprint density at radius 2 is 1.94 bits per heavy atom. The molecule has 1 aromatic heterocycles. The summed E-state index contributed by atoms with van der Waals surface area (Å²) in [4.78, 5) is 3.95. The number of rotatable bonds is 4. The van der Waals surface area contributed by atoms with Crippen LogP contribution in [0.5, 0.6) is 0 Å². The van der Waals surface area contributed by atoms with Crippen molar-refractivity contribution in [2.24, 2.45) is 5.41 Å². The molecule has 4 heteroatoms. The third kappa shape index (κ3) is 5.15. The quantitative estimate of drug-likeness (QED) is 0.594. The highest BCUT2D eigenvalue weighted by molar-refractivity contribution is 6.32. The molecule has 0 spiro atoms. The van der Waals surface area contributed by atoms with E-state index < -0.39 is 0 Å². The molecule has 16 heavy (non-hydrogen) atoms. The van der Waals surface area contributed by atoms with Crippen LogP contribution in [0, 0.1) is 5.41 Å². The molecule has 0 fully saturated rings. The van der Waals surface area contributed by atoms with E-state index in [-0.39, 0.29) is 0 Å². The van der Waals surface area contributed by atoms with E-state index >= 15 is 0 Å². The minimum atomic E-state index is 0.294. The molecule has 0 amide bonds. The molecule has 0 aliphatic carbocycles. The van der Waals surface area contributed by atoms with Crippen molar-refractivity contribution in [3.05, 3.63) is 28.0 Å². The third-order valence-electron chi connectivity index (χ3n) is 2.15. The first-order chi connectivity index (χ1) is 7.38. The maximum Gasteiger partial charge on any atom is 0.136 e. The Morgan fingerprint density at radius 1 is 1.25 bits per heavy atom. The second-order valence-electron chi connectivity index (χ2n) is 4.95. The van der Waals surface area contributed by atoms with Gasteiger partial charge in [0.1, 0.15) is 10.3 Å². The second-order valence-corrected chi connectivity index (χ2v) is 5.69. The summed E-state index contributed by atoms with van der Waals surface area (Å²) >= 11 is 11.6. The van der Waals surface area contributed by atoms with Gasteiger partial charge in [0.05, 0.1) is 6.61 Å². The van der Waals surface area contributed by atoms with Crippen LogP contribution in [0.4, 0.5) is 0 Å². The van der Waals surface area contributed by atoms with Crippen LogP contribution < -0.4 is 0 Å². The van der Waals surface area contributed by atoms with Gasteiger partial charge in [-0.05, 0) is 17.9 Å². The largest absolute Gasteiger partial charge is 0.377 e. The van der Waals surface area contributed by atoms with Crippen LogP contribution in [0.3, 0.4) is 0 Å². The molecule has 0 radical (unpaired) electrons. The Labute approximate surface area is 107 Å². The minimum Gasteiger partial charge on any atom is -0.377 e. The lowest BCUT2D eigenvalue weighted by atomic mass is 9.93. The maximum atomic E-state index is 5.92. The van der Waals surface area contributed by atoms with Gasteiger partial charge in [-0.3, -0.25) is 0 Å². The van der Waals surface area contributed by atoms with Gasteiger partial charge in [-0.1, -0.05) is 50.0 Å². The van der Waals surface area contributed by atoms with E-state index in [0.29, 0.717) is 22.3 Å². The fourth-order valence-electron chi connectivity index (χ4n) is 1.11. The normalized spacial score (nSPS) is 11.8. The fraction of sp³-hybridized carbons (Fsp3) is 0.583. The molecule has 1 rings (SSSR count). The molecule has 2 nitrogen and oxygen atoms in total. The molecule has 0 aromatic carbocycles. The summed E-state index contributed by atoms with van der Waals surface area (Å²) in [6.45, 7) is 7.77. The van der Waals surface area contributed by atoms with Crippen LogP contribution in [0.15, 0.2) is 12.1 Å². The van der Waals surface area contributed by atoms with Gasteiger partial charge in [-0.15, -0.1) is 0 Å². The predicted octanol–water partition coefficient (Wildman–Crippen LogP) is 4.34. The van der Waals surface area contributed by atoms with Crippen molar-refractivity contribution < 1.29 is 4.74 Å². The van der Waals surface area contributed by atoms with Gasteiger partial charge in [0, 0.05) is 12.2 Å². The topological polar surface area (TPSA) is 22.1 Å². The number of ether oxygens (including phenoxy) is 1. The van der Waals surface area contributed by atoms with E-state index in [0.717, 1.165) is 18.6 Å². The molecule has 0 aliphatic heterocycles. The summed E-state index contributed by atoms with van der Waals surface area (Å²) < 4.78 is 5.55. The zero-order valence-corrected chi connectivity index (χ0v) is 11.4. The monoisotopic (exact) mass is 261 g/mol. The number of pyridine rings is 1. The molecule has 1 heterocycles. The lowest BCUT2D eigenvalue weighted by molar-refractivity contribution is 0.0961. The molecule has 0 atom stereocenters. The van der Waals surface area contributed by atoms with E-state index in [1.165, 1.54) is 0 Å². The van der Waals surface area contributed by atoms with Gasteiger partial charge in [-0.2, -0.15) is 0 Å². The maximum absolute atomic E-state index is 5.92. The average Bonchev–Trinajstić information content (AvgIpc) is 2.13. The van der Waals surface area contributed by atoms with E-state index in [4.69, 9.17) is 27.9 Å². The van der Waals surface area contributed by atoms with Gasteiger partial charge in [-0.25, -0.2) is 4.98 Å². The summed E-state index contributed by atoms with van der Waals surface area (Å²) in [6, 6.07) is 3.56. The van der Waals surface area contributed by atoms with Gasteiger partial charge in [0.2, 0.25) is 0 Å². The lowest BCUT2D eigenvalue weighted by Gasteiger charge is -2.17. The van der Waals surface area contributed by atoms with Crippen molar-refractivity contribution in [1.82, 2.24) is 4.98 Å². The average molecular weight is 262 g/mol. The molecule has 0 saturated carbocycles. The number of halogens is 2. The van der Waals surface area contributed by atoms with Crippen LogP contribution in [0.25, 0.3) is 0 Å². The predicted molar refractivity (Wildman–Crippen MR) is 68.0 cm³/mol. The Morgan fingerprint density at radius 3 is 2.50 bits per heavy atom. The summed E-state index contributed by atoms with van der Waals surface area (Å²) in [6.07, 6.45) is 1.02. The number of aromatic nitrogens is 1. The Bertz CT molecular complexity index is 347. The van der Waals surface area contributed by atoms with Crippen molar-refractivity contribution in [2.75, 3.05) is 6.61 Å². The van der Waals surface area contributed by atoms with Gasteiger partial charge in [0.15, 0.2) is 0 Å². The highest BCUT2D eigenvalue weighted by Gasteiger charge is 2.10. The Hall–Kier alpha value is -0.310. The van der Waals surface area contributed by atoms with Crippen LogP contribution in [-0.4, -0.2) is 11.6 Å². The second kappa shape index (κ2) is 5.85. The molecule has 0 aliphatic rings. The lowest BCUT2D eigenvalue weighted by Crippen LogP contribution is -2.09. The number of hydrogen-bond donors (Lipinski definition) is 0. The van der Waals surface area contributed by atoms with Crippen molar-refractivity contribution in [3.63, 3.8) is 0 Å². The van der Waals surface area contributed by atoms with E-state index in [1.54, 1.807) is 6.07 Å². The smallest absolute Gasteiger partial charge is 0.136 e. The molecule has 90 valence electrons. The Kier molecular flexibility index (Phi) is 5.03. The van der Waals surface area contributed by atoms with E-state index in [1.807, 2.05) is 6.07 Å². The molecule has 0 N–H and O–H groups in total. The van der Waals surface area contributed by atoms with Crippen LogP contribution in [0.2, 0.25) is 10.3 Å². The first kappa shape index (κ1) is 13.8. The Balaban J connectivity index is 2.38. The van der Waals surface area contributed by atoms with Crippen molar-refractivity contribution in [2.45, 2.75) is 33.8 Å². The molecular formula is C12H17Cl2NO. The standard InChI is InChI=1S/C12H17Cl2NO/c1-12(2,3)6-7-16-8-9-4-5-10(13)15-11(9)14/h4-5H,6-8H2,1-3H3. The van der Waals surface area contributed by atoms with Crippen molar-refractivity contribution in [1.29, 1.82) is 0 Å². The van der Waals surface area contributed by atoms with Crippen molar-refractivity contribution >= 4 is 23.2 Å². The molecule has 1 aromatic rings. The van der Waals surface area contributed by atoms with E-state index in [2.05, 4.69) is 25.8 Å². The number of nitrogens with zero attached hydrogens (tertiary/aromatic N) is 1. The molecular weight excluding hydrogens is 245 g/mol. The van der Waals surface area contributed by atoms with Gasteiger partial charge >= 0.3 is 0 Å². The SMILES string of the molecule is CC(C)(C)CCOCc1ccc(Cl)nc1Cl. The van der Waals surface area contributed by atoms with Crippen LogP contribution in [-0.2, 0) is 11.3 Å². The first-order valence-electron chi connectivity index (χ1n) is 5.27. The van der Waals surface area contributed by atoms with Crippen molar-refractivity contribution in [3.8, 4) is 0 Å². The summed E-state index contributed by atoms with van der Waals surface area (Å²) in [7, 11) is 0. The fourth-order valence-corrected chi connectivity index (χ4v) is 1.51. The highest BCUT2D eigenvalue weighted by atomic mass is 35.5. The summed E-state index contributed by atoms with van der Waals surface area (Å²) in [5.41, 5.74) is 1.17. The molecule has 0 bridgehead atoms. The number of hydrogen-bond acceptors (Lipinski definition) is 2. The highest BCUT2D eigenvalue weighted by Crippen LogP contribution is 2.20. The van der Waals surface area contributed by atoms with Crippen LogP contribution >= 0.6 is 23.2 Å². The molecule has 0 saturated heterocycles. The summed E-state index contributed by atoms with van der Waals surface area (Å²) in [5.74, 6) is 0. The summed E-state index contributed by atoms with van der Waals surface area (Å²) in [5, 5.41) is 0.826. The van der Waals surface area contributed by atoms with Gasteiger partial charge in [0.25, 0.3) is 0 Å². The third-order valence-corrected chi connectivity index (χ3v) is 2.68. The van der Waals surface area contributed by atoms with E-state index in [9.17, 15) is 0 Å². The zero-order valence-electron chi connectivity index (χ0n) is 9.89.